The average molecular weight is 484 g/mol. The fourth-order valence-electron chi connectivity index (χ4n) is 6.16. The van der Waals surface area contributed by atoms with Crippen molar-refractivity contribution in [2.24, 2.45) is 0 Å². The fourth-order valence-corrected chi connectivity index (χ4v) is 6.16. The number of aromatic nitrogens is 1. The molecule has 0 N–H and O–H groups in total. The molecule has 0 spiro atoms. The number of hydrogen-bond donors (Lipinski definition) is 0. The lowest BCUT2D eigenvalue weighted by Gasteiger charge is -2.22. The Morgan fingerprint density at radius 1 is 0.395 bits per heavy atom. The van der Waals surface area contributed by atoms with Crippen molar-refractivity contribution in [1.82, 2.24) is 4.57 Å². The summed E-state index contributed by atoms with van der Waals surface area (Å²) < 4.78 is 2.52. The third-order valence-corrected chi connectivity index (χ3v) is 8.01. The SMILES string of the molecule is c1ccc(-c2ccc3c(c2)-c2cc(-c4ccccc4)cc4c5cc(-c6ccccc6)ccc5n(c24)C3)cc1. The van der Waals surface area contributed by atoms with Gasteiger partial charge in [-0.05, 0) is 74.8 Å². The molecule has 1 nitrogen and oxygen atoms in total. The molecule has 7 aromatic rings. The molecule has 0 aliphatic carbocycles. The number of fused-ring (bicyclic) bond motifs is 5. The first-order valence-electron chi connectivity index (χ1n) is 13.2. The highest BCUT2D eigenvalue weighted by Gasteiger charge is 2.24. The van der Waals surface area contributed by atoms with Gasteiger partial charge in [0.25, 0.3) is 0 Å². The first kappa shape index (κ1) is 21.2. The molecule has 0 radical (unpaired) electrons. The summed E-state index contributed by atoms with van der Waals surface area (Å²) in [6, 6.07) is 50.9. The molecule has 2 heterocycles. The summed E-state index contributed by atoms with van der Waals surface area (Å²) in [6.45, 7) is 0.882. The summed E-state index contributed by atoms with van der Waals surface area (Å²) in [7, 11) is 0. The lowest BCUT2D eigenvalue weighted by atomic mass is 9.89. The van der Waals surface area contributed by atoms with Gasteiger partial charge in [-0.3, -0.25) is 0 Å². The topological polar surface area (TPSA) is 4.93 Å². The van der Waals surface area contributed by atoms with Crippen LogP contribution in [0.5, 0.6) is 0 Å². The van der Waals surface area contributed by atoms with E-state index in [9.17, 15) is 0 Å². The van der Waals surface area contributed by atoms with E-state index >= 15 is 0 Å². The molecule has 0 bridgehead atoms. The molecule has 178 valence electrons. The van der Waals surface area contributed by atoms with Gasteiger partial charge < -0.3 is 4.57 Å². The Labute approximate surface area is 222 Å². The molecule has 1 aromatic heterocycles. The van der Waals surface area contributed by atoms with Crippen LogP contribution >= 0.6 is 0 Å². The van der Waals surface area contributed by atoms with E-state index in [1.54, 1.807) is 0 Å². The maximum atomic E-state index is 2.52. The first-order valence-corrected chi connectivity index (χ1v) is 13.2. The Morgan fingerprint density at radius 3 is 1.58 bits per heavy atom. The molecular formula is C37H25N. The molecular weight excluding hydrogens is 458 g/mol. The van der Waals surface area contributed by atoms with E-state index in [-0.39, 0.29) is 0 Å². The molecule has 0 unspecified atom stereocenters. The zero-order valence-electron chi connectivity index (χ0n) is 20.9. The lowest BCUT2D eigenvalue weighted by Crippen LogP contribution is -2.07. The third-order valence-electron chi connectivity index (χ3n) is 8.01. The molecule has 0 saturated heterocycles. The maximum absolute atomic E-state index is 2.52. The predicted octanol–water partition coefficient (Wildman–Crippen LogP) is 9.82. The molecule has 8 rings (SSSR count). The molecule has 0 saturated carbocycles. The fraction of sp³-hybridized carbons (Fsp3) is 0.0270. The molecule has 6 aromatic carbocycles. The van der Waals surface area contributed by atoms with Crippen LogP contribution in [0.4, 0.5) is 0 Å². The van der Waals surface area contributed by atoms with E-state index in [4.69, 9.17) is 0 Å². The molecule has 38 heavy (non-hydrogen) atoms. The van der Waals surface area contributed by atoms with Crippen molar-refractivity contribution >= 4 is 21.8 Å². The van der Waals surface area contributed by atoms with Crippen molar-refractivity contribution < 1.29 is 0 Å². The van der Waals surface area contributed by atoms with Gasteiger partial charge in [-0.2, -0.15) is 0 Å². The van der Waals surface area contributed by atoms with Gasteiger partial charge in [0.15, 0.2) is 0 Å². The van der Waals surface area contributed by atoms with Crippen LogP contribution in [0.15, 0.2) is 140 Å². The maximum Gasteiger partial charge on any atom is 0.0574 e. The highest BCUT2D eigenvalue weighted by molar-refractivity contribution is 6.16. The molecule has 1 heteroatoms. The van der Waals surface area contributed by atoms with E-state index in [0.29, 0.717) is 0 Å². The van der Waals surface area contributed by atoms with Crippen LogP contribution in [0.3, 0.4) is 0 Å². The van der Waals surface area contributed by atoms with Crippen molar-refractivity contribution in [3.8, 4) is 44.5 Å². The smallest absolute Gasteiger partial charge is 0.0574 e. The van der Waals surface area contributed by atoms with Crippen LogP contribution in [0.2, 0.25) is 0 Å². The van der Waals surface area contributed by atoms with E-state index in [1.807, 2.05) is 0 Å². The highest BCUT2D eigenvalue weighted by Crippen LogP contribution is 2.45. The Balaban J connectivity index is 1.44. The van der Waals surface area contributed by atoms with Gasteiger partial charge in [-0.25, -0.2) is 0 Å². The summed E-state index contributed by atoms with van der Waals surface area (Å²) in [4.78, 5) is 0. The monoisotopic (exact) mass is 483 g/mol. The second-order valence-corrected chi connectivity index (χ2v) is 10.2. The second kappa shape index (κ2) is 8.33. The molecule has 0 amide bonds. The van der Waals surface area contributed by atoms with Crippen molar-refractivity contribution in [1.29, 1.82) is 0 Å². The Morgan fingerprint density at radius 2 is 0.921 bits per heavy atom. The van der Waals surface area contributed by atoms with Crippen LogP contribution in [0.1, 0.15) is 5.56 Å². The average Bonchev–Trinajstić information content (AvgIpc) is 3.31. The lowest BCUT2D eigenvalue weighted by molar-refractivity contribution is 0.861. The van der Waals surface area contributed by atoms with Crippen LogP contribution in [-0.4, -0.2) is 4.57 Å². The van der Waals surface area contributed by atoms with Gasteiger partial charge in [0.05, 0.1) is 5.52 Å². The number of hydrogen-bond acceptors (Lipinski definition) is 0. The van der Waals surface area contributed by atoms with Gasteiger partial charge >= 0.3 is 0 Å². The predicted molar refractivity (Wildman–Crippen MR) is 160 cm³/mol. The van der Waals surface area contributed by atoms with Crippen LogP contribution in [-0.2, 0) is 6.54 Å². The normalized spacial score (nSPS) is 12.1. The van der Waals surface area contributed by atoms with Crippen molar-refractivity contribution in [3.05, 3.63) is 145 Å². The minimum absolute atomic E-state index is 0.882. The summed E-state index contributed by atoms with van der Waals surface area (Å²) >= 11 is 0. The van der Waals surface area contributed by atoms with E-state index in [0.717, 1.165) is 6.54 Å². The number of nitrogens with zero attached hydrogens (tertiary/aromatic N) is 1. The Bertz CT molecular complexity index is 1960. The second-order valence-electron chi connectivity index (χ2n) is 10.2. The summed E-state index contributed by atoms with van der Waals surface area (Å²) in [5, 5.41) is 2.64. The molecule has 0 atom stereocenters. The van der Waals surface area contributed by atoms with Crippen LogP contribution in [0, 0.1) is 0 Å². The van der Waals surface area contributed by atoms with Gasteiger partial charge in [-0.1, -0.05) is 109 Å². The van der Waals surface area contributed by atoms with Gasteiger partial charge in [0.1, 0.15) is 0 Å². The van der Waals surface area contributed by atoms with Crippen molar-refractivity contribution in [2.45, 2.75) is 6.54 Å². The highest BCUT2D eigenvalue weighted by atomic mass is 15.0. The van der Waals surface area contributed by atoms with E-state index in [2.05, 4.69) is 144 Å². The first-order chi connectivity index (χ1) is 18.8. The van der Waals surface area contributed by atoms with E-state index < -0.39 is 0 Å². The summed E-state index contributed by atoms with van der Waals surface area (Å²) in [6.07, 6.45) is 0. The van der Waals surface area contributed by atoms with Crippen LogP contribution in [0.25, 0.3) is 66.3 Å². The zero-order chi connectivity index (χ0) is 25.1. The van der Waals surface area contributed by atoms with Crippen molar-refractivity contribution in [3.63, 3.8) is 0 Å². The largest absolute Gasteiger partial charge is 0.335 e. The molecule has 0 fully saturated rings. The van der Waals surface area contributed by atoms with Gasteiger partial charge in [0.2, 0.25) is 0 Å². The summed E-state index contributed by atoms with van der Waals surface area (Å²) in [5.41, 5.74) is 14.2. The Kier molecular flexibility index (Phi) is 4.65. The Hall–Kier alpha value is -4.88. The molecule has 1 aliphatic rings. The van der Waals surface area contributed by atoms with Gasteiger partial charge in [-0.15, -0.1) is 0 Å². The van der Waals surface area contributed by atoms with Gasteiger partial charge in [0, 0.05) is 28.4 Å². The number of rotatable bonds is 3. The third kappa shape index (κ3) is 3.26. The molecule has 1 aliphatic heterocycles. The van der Waals surface area contributed by atoms with Crippen molar-refractivity contribution in [2.75, 3.05) is 0 Å². The summed E-state index contributed by atoms with van der Waals surface area (Å²) in [5.74, 6) is 0. The quantitative estimate of drug-likeness (QED) is 0.236. The minimum atomic E-state index is 0.882. The van der Waals surface area contributed by atoms with E-state index in [1.165, 1.54) is 71.9 Å². The standard InChI is InChI=1S/C37H25N/c1-4-10-25(11-5-1)28-16-17-30-24-38-36-19-18-29(26-12-6-2-7-13-26)21-33(36)35-23-31(27-14-8-3-9-15-27)22-34(37(35)38)32(30)20-28/h1-23H,24H2. The zero-order valence-corrected chi connectivity index (χ0v) is 20.9. The number of benzene rings is 6. The minimum Gasteiger partial charge on any atom is -0.335 e. The van der Waals surface area contributed by atoms with Crippen LogP contribution < -0.4 is 0 Å².